The quantitative estimate of drug-likeness (QED) is 0.632. The van der Waals surface area contributed by atoms with Crippen LogP contribution in [0.2, 0.25) is 0 Å². The molecule has 88 valence electrons. The van der Waals surface area contributed by atoms with Crippen molar-refractivity contribution in [1.82, 2.24) is 4.90 Å². The molecule has 0 radical (unpaired) electrons. The van der Waals surface area contributed by atoms with Crippen LogP contribution in [0.15, 0.2) is 12.2 Å². The largest absolute Gasteiger partial charge is 0.300 e. The van der Waals surface area contributed by atoms with Crippen molar-refractivity contribution in [2.45, 2.75) is 57.0 Å². The molecule has 0 unspecified atom stereocenters. The molecule has 2 heterocycles. The third kappa shape index (κ3) is 1.84. The summed E-state index contributed by atoms with van der Waals surface area (Å²) in [5, 5.41) is 0. The molecule has 16 heavy (non-hydrogen) atoms. The molecule has 0 spiro atoms. The molecule has 2 aliphatic heterocycles. The van der Waals surface area contributed by atoms with Crippen molar-refractivity contribution in [3.63, 3.8) is 0 Å². The normalized spacial score (nSPS) is 36.6. The summed E-state index contributed by atoms with van der Waals surface area (Å²) in [6.45, 7) is 1.08. The highest BCUT2D eigenvalue weighted by molar-refractivity contribution is 5.81. The van der Waals surface area contributed by atoms with Crippen molar-refractivity contribution < 1.29 is 4.79 Å². The minimum atomic E-state index is 0.438. The number of hydrogen-bond donors (Lipinski definition) is 0. The summed E-state index contributed by atoms with van der Waals surface area (Å²) in [5.41, 5.74) is 0. The lowest BCUT2D eigenvalue weighted by atomic mass is 9.79. The maximum Gasteiger partial charge on any atom is 0.136 e. The summed E-state index contributed by atoms with van der Waals surface area (Å²) in [4.78, 5) is 14.4. The maximum absolute atomic E-state index is 11.8. The predicted molar refractivity (Wildman–Crippen MR) is 64.2 cm³/mol. The highest BCUT2D eigenvalue weighted by Crippen LogP contribution is 2.36. The molecule has 1 aliphatic carbocycles. The second-order valence-electron chi connectivity index (χ2n) is 5.60. The van der Waals surface area contributed by atoms with E-state index in [0.29, 0.717) is 17.9 Å². The molecule has 2 fully saturated rings. The molecule has 0 amide bonds. The third-order valence-corrected chi connectivity index (χ3v) is 4.59. The zero-order valence-corrected chi connectivity index (χ0v) is 9.90. The van der Waals surface area contributed by atoms with Crippen LogP contribution in [0.25, 0.3) is 0 Å². The van der Waals surface area contributed by atoms with E-state index < -0.39 is 0 Å². The summed E-state index contributed by atoms with van der Waals surface area (Å²) in [7, 11) is 0. The fourth-order valence-corrected chi connectivity index (χ4v) is 3.78. The highest BCUT2D eigenvalue weighted by Gasteiger charge is 2.39. The van der Waals surface area contributed by atoms with Gasteiger partial charge in [0.2, 0.25) is 0 Å². The first-order valence-electron chi connectivity index (χ1n) is 6.79. The van der Waals surface area contributed by atoms with Gasteiger partial charge in [-0.2, -0.15) is 0 Å². The number of nitrogens with zero attached hydrogens (tertiary/aromatic N) is 1. The number of carbonyl (C=O) groups excluding carboxylic acids is 1. The Hall–Kier alpha value is -0.630. The Bertz CT molecular complexity index is 304. The van der Waals surface area contributed by atoms with Crippen molar-refractivity contribution in [1.29, 1.82) is 0 Å². The van der Waals surface area contributed by atoms with Crippen LogP contribution in [0.3, 0.4) is 0 Å². The van der Waals surface area contributed by atoms with Crippen LogP contribution in [0.4, 0.5) is 0 Å². The van der Waals surface area contributed by atoms with E-state index in [0.717, 1.165) is 25.3 Å². The van der Waals surface area contributed by atoms with Crippen LogP contribution < -0.4 is 0 Å². The Morgan fingerprint density at radius 3 is 2.75 bits per heavy atom. The predicted octanol–water partition coefficient (Wildman–Crippen LogP) is 2.54. The minimum absolute atomic E-state index is 0.438. The number of rotatable bonds is 1. The van der Waals surface area contributed by atoms with Crippen LogP contribution in [0, 0.1) is 5.92 Å². The summed E-state index contributed by atoms with van der Waals surface area (Å²) in [6.07, 6.45) is 12.9. The zero-order valence-electron chi connectivity index (χ0n) is 9.90. The zero-order chi connectivity index (χ0) is 11.0. The van der Waals surface area contributed by atoms with Gasteiger partial charge in [-0.05, 0) is 18.8 Å². The third-order valence-electron chi connectivity index (χ3n) is 4.59. The van der Waals surface area contributed by atoms with Gasteiger partial charge in [-0.15, -0.1) is 0 Å². The van der Waals surface area contributed by atoms with Crippen molar-refractivity contribution >= 4 is 5.78 Å². The Morgan fingerprint density at radius 2 is 1.94 bits per heavy atom. The average Bonchev–Trinajstić information content (AvgIpc) is 2.77. The highest BCUT2D eigenvalue weighted by atomic mass is 16.1. The average molecular weight is 219 g/mol. The molecule has 2 heteroatoms. The molecule has 0 N–H and O–H groups in total. The lowest BCUT2D eigenvalue weighted by molar-refractivity contribution is -0.125. The fourth-order valence-electron chi connectivity index (χ4n) is 3.78. The maximum atomic E-state index is 11.8. The van der Waals surface area contributed by atoms with Crippen LogP contribution in [-0.4, -0.2) is 29.3 Å². The second-order valence-corrected chi connectivity index (χ2v) is 5.60. The van der Waals surface area contributed by atoms with Crippen molar-refractivity contribution in [3.8, 4) is 0 Å². The van der Waals surface area contributed by atoms with Gasteiger partial charge >= 0.3 is 0 Å². The molecule has 0 aromatic rings. The van der Waals surface area contributed by atoms with Gasteiger partial charge in [-0.3, -0.25) is 9.69 Å². The van der Waals surface area contributed by atoms with Gasteiger partial charge in [0, 0.05) is 31.5 Å². The first-order valence-corrected chi connectivity index (χ1v) is 6.79. The summed E-state index contributed by atoms with van der Waals surface area (Å²) >= 11 is 0. The van der Waals surface area contributed by atoms with Gasteiger partial charge < -0.3 is 0 Å². The smallest absolute Gasteiger partial charge is 0.136 e. The minimum Gasteiger partial charge on any atom is -0.300 e. The van der Waals surface area contributed by atoms with E-state index in [1.807, 2.05) is 0 Å². The van der Waals surface area contributed by atoms with Crippen LogP contribution >= 0.6 is 0 Å². The number of hydrogen-bond acceptors (Lipinski definition) is 2. The van der Waals surface area contributed by atoms with E-state index in [1.165, 1.54) is 32.1 Å². The summed E-state index contributed by atoms with van der Waals surface area (Å²) in [6, 6.07) is 0.995. The van der Waals surface area contributed by atoms with Crippen molar-refractivity contribution in [2.75, 3.05) is 6.54 Å². The molecule has 3 aliphatic rings. The number of piperidine rings is 1. The fraction of sp³-hybridized carbons (Fsp3) is 0.786. The summed E-state index contributed by atoms with van der Waals surface area (Å²) < 4.78 is 0. The Balaban J connectivity index is 1.74. The van der Waals surface area contributed by atoms with Crippen LogP contribution in [0.1, 0.15) is 44.9 Å². The van der Waals surface area contributed by atoms with Crippen molar-refractivity contribution in [2.24, 2.45) is 5.92 Å². The van der Waals surface area contributed by atoms with Gasteiger partial charge in [-0.1, -0.05) is 31.4 Å². The Morgan fingerprint density at radius 1 is 1.12 bits per heavy atom. The molecule has 2 nitrogen and oxygen atoms in total. The van der Waals surface area contributed by atoms with Crippen LogP contribution in [0.5, 0.6) is 0 Å². The molecule has 3 rings (SSSR count). The Kier molecular flexibility index (Phi) is 2.84. The standard InChI is InChI=1S/C14H21NO/c16-13-9-12-7-4-8-15(12)14(10-13)11-5-2-1-3-6-11/h4,7,11-12,14H,1-3,5-6,8-10H2/t12-,14+/m0/s1. The topological polar surface area (TPSA) is 20.3 Å². The van der Waals surface area contributed by atoms with Crippen LogP contribution in [-0.2, 0) is 4.79 Å². The lowest BCUT2D eigenvalue weighted by Crippen LogP contribution is -2.50. The van der Waals surface area contributed by atoms with Gasteiger partial charge in [-0.25, -0.2) is 0 Å². The van der Waals surface area contributed by atoms with E-state index in [9.17, 15) is 4.79 Å². The molecule has 0 aromatic heterocycles. The van der Waals surface area contributed by atoms with E-state index in [4.69, 9.17) is 0 Å². The Labute approximate surface area is 97.7 Å². The van der Waals surface area contributed by atoms with E-state index in [1.54, 1.807) is 0 Å². The SMILES string of the molecule is O=C1C[C@H](C2CCCCC2)N2CC=C[C@H]2C1. The molecule has 1 saturated heterocycles. The van der Waals surface area contributed by atoms with Gasteiger partial charge in [0.1, 0.15) is 5.78 Å². The van der Waals surface area contributed by atoms with Gasteiger partial charge in [0.05, 0.1) is 0 Å². The number of Topliss-reactive ketones (excluding diaryl/α,β-unsaturated/α-hetero) is 1. The number of fused-ring (bicyclic) bond motifs is 1. The first kappa shape index (κ1) is 10.5. The molecular formula is C14H21NO. The number of ketones is 1. The van der Waals surface area contributed by atoms with E-state index in [2.05, 4.69) is 17.1 Å². The molecule has 1 saturated carbocycles. The summed E-state index contributed by atoms with van der Waals surface area (Å²) in [5.74, 6) is 1.28. The lowest BCUT2D eigenvalue weighted by Gasteiger charge is -2.42. The molecule has 0 bridgehead atoms. The molecule has 2 atom stereocenters. The first-order chi connectivity index (χ1) is 7.84. The van der Waals surface area contributed by atoms with E-state index in [-0.39, 0.29) is 0 Å². The van der Waals surface area contributed by atoms with Crippen molar-refractivity contribution in [3.05, 3.63) is 12.2 Å². The van der Waals surface area contributed by atoms with Gasteiger partial charge in [0.15, 0.2) is 0 Å². The number of carbonyl (C=O) groups is 1. The monoisotopic (exact) mass is 219 g/mol. The van der Waals surface area contributed by atoms with E-state index >= 15 is 0 Å². The second kappa shape index (κ2) is 4.33. The molecular weight excluding hydrogens is 198 g/mol. The van der Waals surface area contributed by atoms with Gasteiger partial charge in [0.25, 0.3) is 0 Å². The molecule has 0 aromatic carbocycles.